The normalized spacial score (nSPS) is 10.2. The number of nitrogens with one attached hydrogen (secondary N) is 1. The van der Waals surface area contributed by atoms with Gasteiger partial charge in [0.15, 0.2) is 0 Å². The van der Waals surface area contributed by atoms with E-state index in [1.165, 1.54) is 0 Å². The number of carboxylic acids is 1. The molecule has 0 heterocycles. The highest BCUT2D eigenvalue weighted by molar-refractivity contribution is 5.80. The van der Waals surface area contributed by atoms with Gasteiger partial charge in [-0.25, -0.2) is 0 Å². The van der Waals surface area contributed by atoms with Gasteiger partial charge in [-0.2, -0.15) is 0 Å². The lowest BCUT2D eigenvalue weighted by atomic mass is 10.3. The highest BCUT2D eigenvalue weighted by Gasteiger charge is 2.03. The molecule has 0 bridgehead atoms. The Bertz CT molecular complexity index is 221. The number of rotatable bonds is 11. The van der Waals surface area contributed by atoms with Gasteiger partial charge in [-0.15, -0.1) is 0 Å². The molecule has 100 valence electrons. The summed E-state index contributed by atoms with van der Waals surface area (Å²) in [6.45, 7) is 1.76. The van der Waals surface area contributed by atoms with E-state index in [9.17, 15) is 9.59 Å². The van der Waals surface area contributed by atoms with E-state index >= 15 is 0 Å². The molecule has 1 amide bonds. The molecule has 0 saturated carbocycles. The third-order valence-electron chi connectivity index (χ3n) is 1.74. The van der Waals surface area contributed by atoms with Crippen LogP contribution < -0.4 is 5.32 Å². The van der Waals surface area contributed by atoms with Crippen LogP contribution in [0, 0.1) is 0 Å². The van der Waals surface area contributed by atoms with Crippen LogP contribution in [0.2, 0.25) is 0 Å². The Balaban J connectivity index is 3.16. The molecule has 0 radical (unpaired) electrons. The van der Waals surface area contributed by atoms with Gasteiger partial charge < -0.3 is 25.0 Å². The lowest BCUT2D eigenvalue weighted by Gasteiger charge is -2.06. The molecule has 0 aliphatic carbocycles. The molecule has 0 unspecified atom stereocenters. The molecule has 0 aliphatic heterocycles. The zero-order valence-electron chi connectivity index (χ0n) is 9.68. The van der Waals surface area contributed by atoms with Gasteiger partial charge in [-0.1, -0.05) is 0 Å². The second-order valence-corrected chi connectivity index (χ2v) is 3.19. The second-order valence-electron chi connectivity index (χ2n) is 3.19. The Hall–Kier alpha value is -1.18. The molecule has 0 aliphatic rings. The van der Waals surface area contributed by atoms with Crippen molar-refractivity contribution >= 4 is 11.9 Å². The van der Waals surface area contributed by atoms with E-state index in [0.717, 1.165) is 0 Å². The van der Waals surface area contributed by atoms with Gasteiger partial charge in [0.25, 0.3) is 0 Å². The van der Waals surface area contributed by atoms with E-state index < -0.39 is 5.97 Å². The average Bonchev–Trinajstić information content (AvgIpc) is 2.30. The molecule has 7 heteroatoms. The number of carbonyl (C=O) groups excluding carboxylic acids is 1. The van der Waals surface area contributed by atoms with Crippen LogP contribution in [0.1, 0.15) is 12.8 Å². The quantitative estimate of drug-likeness (QED) is 0.405. The molecule has 0 rings (SSSR count). The van der Waals surface area contributed by atoms with Crippen LogP contribution in [0.4, 0.5) is 0 Å². The van der Waals surface area contributed by atoms with Crippen molar-refractivity contribution in [3.8, 4) is 0 Å². The minimum absolute atomic E-state index is 0.0143. The summed E-state index contributed by atoms with van der Waals surface area (Å²) in [6, 6.07) is 0. The van der Waals surface area contributed by atoms with Crippen molar-refractivity contribution in [1.82, 2.24) is 5.32 Å². The molecule has 7 nitrogen and oxygen atoms in total. The summed E-state index contributed by atoms with van der Waals surface area (Å²) in [5.41, 5.74) is 0. The molecule has 0 aromatic heterocycles. The fourth-order valence-electron chi connectivity index (χ4n) is 0.958. The maximum atomic E-state index is 11.0. The van der Waals surface area contributed by atoms with E-state index in [0.29, 0.717) is 26.4 Å². The van der Waals surface area contributed by atoms with Crippen LogP contribution in [-0.2, 0) is 19.1 Å². The maximum Gasteiger partial charge on any atom is 0.303 e. The molecular formula is C10H19NO6. The Morgan fingerprint density at radius 1 is 1.00 bits per heavy atom. The lowest BCUT2D eigenvalue weighted by Crippen LogP contribution is -2.27. The zero-order valence-corrected chi connectivity index (χ0v) is 9.68. The Labute approximate surface area is 99.7 Å². The second kappa shape index (κ2) is 11.3. The fourth-order valence-corrected chi connectivity index (χ4v) is 0.958. The predicted molar refractivity (Wildman–Crippen MR) is 58.6 cm³/mol. The number of carbonyl (C=O) groups is 2. The van der Waals surface area contributed by atoms with Crippen LogP contribution in [-0.4, -0.2) is 61.7 Å². The van der Waals surface area contributed by atoms with E-state index in [4.69, 9.17) is 19.7 Å². The lowest BCUT2D eigenvalue weighted by molar-refractivity contribution is -0.138. The molecule has 0 fully saturated rings. The van der Waals surface area contributed by atoms with Crippen LogP contribution in [0.5, 0.6) is 0 Å². The van der Waals surface area contributed by atoms with Gasteiger partial charge >= 0.3 is 5.97 Å². The van der Waals surface area contributed by atoms with Crippen molar-refractivity contribution in [3.05, 3.63) is 0 Å². The molecule has 0 spiro atoms. The first-order chi connectivity index (χ1) is 8.16. The van der Waals surface area contributed by atoms with Crippen LogP contribution in [0.3, 0.4) is 0 Å². The largest absolute Gasteiger partial charge is 0.481 e. The molecule has 0 atom stereocenters. The summed E-state index contributed by atoms with van der Waals surface area (Å²) in [7, 11) is 0. The Morgan fingerprint density at radius 2 is 1.65 bits per heavy atom. The van der Waals surface area contributed by atoms with Gasteiger partial charge in [0, 0.05) is 13.0 Å². The van der Waals surface area contributed by atoms with Gasteiger partial charge in [-0.3, -0.25) is 9.59 Å². The number of aliphatic carboxylic acids is 1. The number of hydrogen-bond donors (Lipinski definition) is 3. The van der Waals surface area contributed by atoms with Gasteiger partial charge in [0.2, 0.25) is 5.91 Å². The summed E-state index contributed by atoms with van der Waals surface area (Å²) < 4.78 is 10.1. The predicted octanol–water partition coefficient (Wildman–Crippen LogP) is -1.01. The first-order valence-electron chi connectivity index (χ1n) is 5.41. The number of ether oxygens (including phenoxy) is 2. The van der Waals surface area contributed by atoms with Crippen molar-refractivity contribution < 1.29 is 29.3 Å². The van der Waals surface area contributed by atoms with E-state index in [-0.39, 0.29) is 32.0 Å². The molecular weight excluding hydrogens is 230 g/mol. The monoisotopic (exact) mass is 249 g/mol. The standard InChI is InChI=1S/C10H19NO6/c12-4-6-17-8-7-16-5-3-11-9(13)1-2-10(14)15/h12H,1-8H2,(H,11,13)(H,14,15). The highest BCUT2D eigenvalue weighted by Crippen LogP contribution is 1.88. The SMILES string of the molecule is O=C(O)CCC(=O)NCCOCCOCCO. The number of carboxylic acid groups (broad SMARTS) is 1. The van der Waals surface area contributed by atoms with Crippen molar-refractivity contribution in [2.45, 2.75) is 12.8 Å². The molecule has 0 aromatic carbocycles. The van der Waals surface area contributed by atoms with Crippen molar-refractivity contribution in [2.24, 2.45) is 0 Å². The van der Waals surface area contributed by atoms with Crippen LogP contribution in [0.25, 0.3) is 0 Å². The number of hydrogen-bond acceptors (Lipinski definition) is 5. The molecule has 3 N–H and O–H groups in total. The summed E-state index contributed by atoms with van der Waals surface area (Å²) in [5, 5.41) is 19.3. The number of amides is 1. The summed E-state index contributed by atoms with van der Waals surface area (Å²) in [4.78, 5) is 21.2. The summed E-state index contributed by atoms with van der Waals surface area (Å²) in [6.07, 6.45) is -0.184. The van der Waals surface area contributed by atoms with Crippen molar-refractivity contribution in [2.75, 3.05) is 39.6 Å². The van der Waals surface area contributed by atoms with Gasteiger partial charge in [0.1, 0.15) is 0 Å². The highest BCUT2D eigenvalue weighted by atomic mass is 16.5. The first kappa shape index (κ1) is 15.8. The maximum absolute atomic E-state index is 11.0. The van der Waals surface area contributed by atoms with Crippen molar-refractivity contribution in [3.63, 3.8) is 0 Å². The topological polar surface area (TPSA) is 105 Å². The number of aliphatic hydroxyl groups is 1. The van der Waals surface area contributed by atoms with Crippen LogP contribution >= 0.6 is 0 Å². The third kappa shape index (κ3) is 12.8. The minimum Gasteiger partial charge on any atom is -0.481 e. The number of aliphatic hydroxyl groups excluding tert-OH is 1. The van der Waals surface area contributed by atoms with E-state index in [2.05, 4.69) is 5.32 Å². The summed E-state index contributed by atoms with van der Waals surface area (Å²) >= 11 is 0. The van der Waals surface area contributed by atoms with E-state index in [1.54, 1.807) is 0 Å². The van der Waals surface area contributed by atoms with Gasteiger partial charge in [-0.05, 0) is 0 Å². The van der Waals surface area contributed by atoms with Crippen molar-refractivity contribution in [1.29, 1.82) is 0 Å². The molecule has 0 saturated heterocycles. The van der Waals surface area contributed by atoms with Crippen LogP contribution in [0.15, 0.2) is 0 Å². The minimum atomic E-state index is -0.988. The Kier molecular flexibility index (Phi) is 10.5. The molecule has 0 aromatic rings. The van der Waals surface area contributed by atoms with Gasteiger partial charge in [0.05, 0.1) is 39.5 Å². The average molecular weight is 249 g/mol. The molecule has 17 heavy (non-hydrogen) atoms. The van der Waals surface area contributed by atoms with E-state index in [1.807, 2.05) is 0 Å². The zero-order chi connectivity index (χ0) is 12.9. The fraction of sp³-hybridized carbons (Fsp3) is 0.800. The Morgan fingerprint density at radius 3 is 2.24 bits per heavy atom. The first-order valence-corrected chi connectivity index (χ1v) is 5.41. The smallest absolute Gasteiger partial charge is 0.303 e. The third-order valence-corrected chi connectivity index (χ3v) is 1.74. The summed E-state index contributed by atoms with van der Waals surface area (Å²) in [5.74, 6) is -1.29.